The number of pyridine rings is 1. The van der Waals surface area contributed by atoms with E-state index in [0.29, 0.717) is 18.7 Å². The lowest BCUT2D eigenvalue weighted by atomic mass is 10.1. The van der Waals surface area contributed by atoms with Crippen molar-refractivity contribution in [2.24, 2.45) is 0 Å². The lowest BCUT2D eigenvalue weighted by Gasteiger charge is -2.08. The zero-order valence-corrected chi connectivity index (χ0v) is 13.5. The molecule has 0 saturated carbocycles. The largest absolute Gasteiger partial charge is 0.467 e. The van der Waals surface area contributed by atoms with Gasteiger partial charge in [0.25, 0.3) is 5.91 Å². The van der Waals surface area contributed by atoms with Crippen molar-refractivity contribution >= 4 is 11.6 Å². The number of hydrogen-bond acceptors (Lipinski definition) is 4. The molecule has 1 amide bonds. The summed E-state index contributed by atoms with van der Waals surface area (Å²) in [6.45, 7) is 3.07. The summed E-state index contributed by atoms with van der Waals surface area (Å²) in [5, 5.41) is 6.10. The minimum atomic E-state index is -0.148. The number of rotatable bonds is 6. The van der Waals surface area contributed by atoms with Crippen LogP contribution in [0.5, 0.6) is 0 Å². The zero-order chi connectivity index (χ0) is 16.8. The standard InChI is InChI=1S/C19H19N3O2/c1-14-4-2-5-15(8-14)10-22-19(23)16-9-17(12-20-11-16)21-13-18-6-3-7-24-18/h2-9,11-12,21H,10,13H2,1H3,(H,22,23). The van der Waals surface area contributed by atoms with Gasteiger partial charge in [-0.1, -0.05) is 29.8 Å². The van der Waals surface area contributed by atoms with Gasteiger partial charge in [0, 0.05) is 18.9 Å². The van der Waals surface area contributed by atoms with Crippen LogP contribution in [-0.4, -0.2) is 10.9 Å². The van der Waals surface area contributed by atoms with Crippen LogP contribution >= 0.6 is 0 Å². The fourth-order valence-electron chi connectivity index (χ4n) is 2.37. The van der Waals surface area contributed by atoms with E-state index < -0.39 is 0 Å². The average Bonchev–Trinajstić information content (AvgIpc) is 3.12. The average molecular weight is 321 g/mol. The summed E-state index contributed by atoms with van der Waals surface area (Å²) in [5.41, 5.74) is 3.54. The van der Waals surface area contributed by atoms with Gasteiger partial charge >= 0.3 is 0 Å². The molecule has 5 heteroatoms. The monoisotopic (exact) mass is 321 g/mol. The molecule has 24 heavy (non-hydrogen) atoms. The predicted molar refractivity (Wildman–Crippen MR) is 92.6 cm³/mol. The summed E-state index contributed by atoms with van der Waals surface area (Å²) in [7, 11) is 0. The molecule has 0 fully saturated rings. The minimum Gasteiger partial charge on any atom is -0.467 e. The quantitative estimate of drug-likeness (QED) is 0.729. The Labute approximate surface area is 140 Å². The van der Waals surface area contributed by atoms with E-state index in [4.69, 9.17) is 4.42 Å². The number of anilines is 1. The number of amides is 1. The van der Waals surface area contributed by atoms with Crippen molar-refractivity contribution in [3.63, 3.8) is 0 Å². The molecule has 0 aliphatic rings. The Kier molecular flexibility index (Phi) is 4.91. The van der Waals surface area contributed by atoms with Gasteiger partial charge < -0.3 is 15.1 Å². The van der Waals surface area contributed by atoms with Crippen molar-refractivity contribution in [1.82, 2.24) is 10.3 Å². The number of carbonyl (C=O) groups is 1. The number of nitrogens with one attached hydrogen (secondary N) is 2. The van der Waals surface area contributed by atoms with Crippen LogP contribution in [0.1, 0.15) is 27.2 Å². The lowest BCUT2D eigenvalue weighted by Crippen LogP contribution is -2.23. The second-order valence-corrected chi connectivity index (χ2v) is 5.57. The number of carbonyl (C=O) groups excluding carboxylic acids is 1. The van der Waals surface area contributed by atoms with E-state index in [2.05, 4.69) is 21.7 Å². The fraction of sp³-hybridized carbons (Fsp3) is 0.158. The van der Waals surface area contributed by atoms with Crippen LogP contribution in [0.4, 0.5) is 5.69 Å². The van der Waals surface area contributed by atoms with Crippen molar-refractivity contribution in [3.8, 4) is 0 Å². The van der Waals surface area contributed by atoms with Crippen molar-refractivity contribution in [2.75, 3.05) is 5.32 Å². The summed E-state index contributed by atoms with van der Waals surface area (Å²) in [5.74, 6) is 0.676. The van der Waals surface area contributed by atoms with Gasteiger partial charge in [0.1, 0.15) is 5.76 Å². The molecule has 0 bridgehead atoms. The van der Waals surface area contributed by atoms with Gasteiger partial charge in [-0.25, -0.2) is 0 Å². The highest BCUT2D eigenvalue weighted by molar-refractivity contribution is 5.94. The zero-order valence-electron chi connectivity index (χ0n) is 13.5. The second kappa shape index (κ2) is 7.46. The van der Waals surface area contributed by atoms with Gasteiger partial charge in [0.05, 0.1) is 24.1 Å². The molecule has 2 N–H and O–H groups in total. The molecule has 122 valence electrons. The molecular formula is C19H19N3O2. The third-order valence-electron chi connectivity index (χ3n) is 3.58. The molecule has 0 saturated heterocycles. The molecule has 0 aliphatic carbocycles. The number of aromatic nitrogens is 1. The summed E-state index contributed by atoms with van der Waals surface area (Å²) < 4.78 is 5.27. The fourth-order valence-corrected chi connectivity index (χ4v) is 2.37. The minimum absolute atomic E-state index is 0.148. The third-order valence-corrected chi connectivity index (χ3v) is 3.58. The maximum atomic E-state index is 12.3. The maximum Gasteiger partial charge on any atom is 0.253 e. The Morgan fingerprint density at radius 3 is 2.83 bits per heavy atom. The SMILES string of the molecule is Cc1cccc(CNC(=O)c2cncc(NCc3ccco3)c2)c1. The van der Waals surface area contributed by atoms with Crippen LogP contribution in [0.25, 0.3) is 0 Å². The van der Waals surface area contributed by atoms with Crippen molar-refractivity contribution in [2.45, 2.75) is 20.0 Å². The summed E-state index contributed by atoms with van der Waals surface area (Å²) in [6.07, 6.45) is 4.87. The molecule has 0 aliphatic heterocycles. The first-order valence-corrected chi connectivity index (χ1v) is 7.76. The number of nitrogens with zero attached hydrogens (tertiary/aromatic N) is 1. The molecule has 0 atom stereocenters. The molecular weight excluding hydrogens is 302 g/mol. The molecule has 0 spiro atoms. The molecule has 3 aromatic rings. The molecule has 1 aromatic carbocycles. The van der Waals surface area contributed by atoms with Gasteiger partial charge in [0.15, 0.2) is 0 Å². The second-order valence-electron chi connectivity index (χ2n) is 5.57. The van der Waals surface area contributed by atoms with Gasteiger partial charge in [-0.15, -0.1) is 0 Å². The Morgan fingerprint density at radius 1 is 1.12 bits per heavy atom. The first-order chi connectivity index (χ1) is 11.7. The van der Waals surface area contributed by atoms with E-state index in [-0.39, 0.29) is 5.91 Å². The van der Waals surface area contributed by atoms with Gasteiger partial charge in [-0.2, -0.15) is 0 Å². The Balaban J connectivity index is 1.59. The maximum absolute atomic E-state index is 12.3. The van der Waals surface area contributed by atoms with E-state index in [0.717, 1.165) is 17.0 Å². The third kappa shape index (κ3) is 4.23. The van der Waals surface area contributed by atoms with Crippen LogP contribution in [-0.2, 0) is 13.1 Å². The van der Waals surface area contributed by atoms with Crippen LogP contribution in [0.15, 0.2) is 65.5 Å². The molecule has 3 rings (SSSR count). The van der Waals surface area contributed by atoms with E-state index in [1.807, 2.05) is 37.3 Å². The van der Waals surface area contributed by atoms with E-state index in [9.17, 15) is 4.79 Å². The summed E-state index contributed by atoms with van der Waals surface area (Å²) in [6, 6.07) is 13.6. The van der Waals surface area contributed by atoms with Crippen molar-refractivity contribution in [1.29, 1.82) is 0 Å². The van der Waals surface area contributed by atoms with Crippen LogP contribution in [0, 0.1) is 6.92 Å². The van der Waals surface area contributed by atoms with E-state index in [1.54, 1.807) is 24.7 Å². The van der Waals surface area contributed by atoms with Crippen LogP contribution < -0.4 is 10.6 Å². The Morgan fingerprint density at radius 2 is 2.04 bits per heavy atom. The smallest absolute Gasteiger partial charge is 0.253 e. The molecule has 2 heterocycles. The van der Waals surface area contributed by atoms with Crippen molar-refractivity contribution in [3.05, 3.63) is 83.6 Å². The lowest BCUT2D eigenvalue weighted by molar-refractivity contribution is 0.0950. The van der Waals surface area contributed by atoms with Crippen molar-refractivity contribution < 1.29 is 9.21 Å². The normalized spacial score (nSPS) is 10.4. The number of benzene rings is 1. The molecule has 2 aromatic heterocycles. The number of hydrogen-bond donors (Lipinski definition) is 2. The summed E-state index contributed by atoms with van der Waals surface area (Å²) in [4.78, 5) is 16.4. The van der Waals surface area contributed by atoms with E-state index in [1.165, 1.54) is 5.56 Å². The van der Waals surface area contributed by atoms with E-state index >= 15 is 0 Å². The first-order valence-electron chi connectivity index (χ1n) is 7.76. The van der Waals surface area contributed by atoms with Crippen LogP contribution in [0.3, 0.4) is 0 Å². The number of furan rings is 1. The highest BCUT2D eigenvalue weighted by Gasteiger charge is 2.07. The topological polar surface area (TPSA) is 67.2 Å². The Hall–Kier alpha value is -3.08. The predicted octanol–water partition coefficient (Wildman–Crippen LogP) is 3.53. The number of aryl methyl sites for hydroxylation is 1. The van der Waals surface area contributed by atoms with Crippen LogP contribution in [0.2, 0.25) is 0 Å². The molecule has 0 unspecified atom stereocenters. The highest BCUT2D eigenvalue weighted by atomic mass is 16.3. The Bertz CT molecular complexity index is 813. The van der Waals surface area contributed by atoms with Gasteiger partial charge in [-0.3, -0.25) is 9.78 Å². The van der Waals surface area contributed by atoms with Gasteiger partial charge in [-0.05, 0) is 30.7 Å². The summed E-state index contributed by atoms with van der Waals surface area (Å²) >= 11 is 0. The molecule has 0 radical (unpaired) electrons. The molecule has 5 nitrogen and oxygen atoms in total. The highest BCUT2D eigenvalue weighted by Crippen LogP contribution is 2.11. The first kappa shape index (κ1) is 15.8. The van der Waals surface area contributed by atoms with Gasteiger partial charge in [0.2, 0.25) is 0 Å².